The molecule has 9 heteroatoms. The van der Waals surface area contributed by atoms with Crippen LogP contribution >= 0.6 is 0 Å². The van der Waals surface area contributed by atoms with Crippen molar-refractivity contribution in [3.05, 3.63) is 84.2 Å². The van der Waals surface area contributed by atoms with Gasteiger partial charge in [0.05, 0.1) is 27.8 Å². The first-order chi connectivity index (χ1) is 15.4. The molecule has 0 aliphatic heterocycles. The van der Waals surface area contributed by atoms with E-state index in [0.717, 1.165) is 5.56 Å². The number of aromatic nitrogens is 4. The zero-order valence-corrected chi connectivity index (χ0v) is 17.9. The Labute approximate surface area is 184 Å². The van der Waals surface area contributed by atoms with Crippen LogP contribution in [-0.4, -0.2) is 34.3 Å². The molecule has 0 aliphatic rings. The van der Waals surface area contributed by atoms with E-state index in [2.05, 4.69) is 20.1 Å². The minimum absolute atomic E-state index is 0.0666. The first-order valence-electron chi connectivity index (χ1n) is 9.79. The van der Waals surface area contributed by atoms with Crippen molar-refractivity contribution in [3.63, 3.8) is 0 Å². The summed E-state index contributed by atoms with van der Waals surface area (Å²) in [6.07, 6.45) is 3.13. The number of para-hydroxylation sites is 2. The van der Waals surface area contributed by atoms with Gasteiger partial charge in [0.15, 0.2) is 5.65 Å². The third-order valence-electron chi connectivity index (χ3n) is 5.02. The van der Waals surface area contributed by atoms with E-state index in [0.29, 0.717) is 16.7 Å². The molecule has 158 valence electrons. The highest BCUT2D eigenvalue weighted by Crippen LogP contribution is 2.35. The van der Waals surface area contributed by atoms with Crippen LogP contribution in [0.25, 0.3) is 22.2 Å². The van der Waals surface area contributed by atoms with Crippen LogP contribution in [0.1, 0.15) is 11.3 Å². The highest BCUT2D eigenvalue weighted by Gasteiger charge is 2.30. The molecule has 0 saturated carbocycles. The van der Waals surface area contributed by atoms with Gasteiger partial charge in [-0.25, -0.2) is 18.4 Å². The largest absolute Gasteiger partial charge is 0.382 e. The quantitative estimate of drug-likeness (QED) is 0.425. The van der Waals surface area contributed by atoms with E-state index in [1.807, 2.05) is 25.1 Å². The number of hydrogen-bond acceptors (Lipinski definition) is 7. The zero-order chi connectivity index (χ0) is 22.3. The molecule has 2 N–H and O–H groups in total. The van der Waals surface area contributed by atoms with Crippen molar-refractivity contribution < 1.29 is 8.42 Å². The lowest BCUT2D eigenvalue weighted by atomic mass is 10.2. The van der Waals surface area contributed by atoms with E-state index in [1.165, 1.54) is 10.9 Å². The van der Waals surface area contributed by atoms with Crippen LogP contribution in [-0.2, 0) is 9.84 Å². The van der Waals surface area contributed by atoms with E-state index in [1.54, 1.807) is 54.7 Å². The van der Waals surface area contributed by atoms with E-state index in [-0.39, 0.29) is 26.8 Å². The summed E-state index contributed by atoms with van der Waals surface area (Å²) in [5.74, 6) is -0.0666. The fourth-order valence-corrected chi connectivity index (χ4v) is 4.89. The number of rotatable bonds is 4. The van der Waals surface area contributed by atoms with E-state index in [9.17, 15) is 8.42 Å². The SMILES string of the molecule is Cc1ccc(S(=O)(=O)c2c(N)n(/N=C\c3ccccn3)c3nc4ccccc4nc23)cc1. The van der Waals surface area contributed by atoms with Gasteiger partial charge in [0.25, 0.3) is 0 Å². The zero-order valence-electron chi connectivity index (χ0n) is 17.0. The molecule has 0 atom stereocenters. The van der Waals surface area contributed by atoms with Gasteiger partial charge in [-0.1, -0.05) is 35.9 Å². The Hall–Kier alpha value is -4.11. The molecule has 0 spiro atoms. The standard InChI is InChI=1S/C23H18N6O2S/c1-15-9-11-17(12-10-15)32(30,31)21-20-23(28-19-8-3-2-7-18(19)27-20)29(22(21)24)26-14-16-6-4-5-13-25-16/h2-14H,24H2,1H3/b26-14-. The van der Waals surface area contributed by atoms with Gasteiger partial charge >= 0.3 is 0 Å². The van der Waals surface area contributed by atoms with Crippen LogP contribution in [0.15, 0.2) is 87.8 Å². The van der Waals surface area contributed by atoms with Crippen molar-refractivity contribution in [3.8, 4) is 0 Å². The predicted octanol–water partition coefficient (Wildman–Crippen LogP) is 3.59. The minimum atomic E-state index is -3.98. The molecule has 3 heterocycles. The van der Waals surface area contributed by atoms with Gasteiger partial charge in [0.2, 0.25) is 9.84 Å². The second-order valence-electron chi connectivity index (χ2n) is 7.23. The number of hydrogen-bond donors (Lipinski definition) is 1. The number of anilines is 1. The van der Waals surface area contributed by atoms with Crippen molar-refractivity contribution in [2.45, 2.75) is 16.7 Å². The number of sulfone groups is 1. The molecule has 2 aromatic carbocycles. The molecule has 5 aromatic rings. The average molecular weight is 443 g/mol. The van der Waals surface area contributed by atoms with Gasteiger partial charge < -0.3 is 5.73 Å². The van der Waals surface area contributed by atoms with Crippen LogP contribution in [0.5, 0.6) is 0 Å². The van der Waals surface area contributed by atoms with Gasteiger partial charge in [-0.15, -0.1) is 0 Å². The second-order valence-corrected chi connectivity index (χ2v) is 9.11. The fourth-order valence-electron chi connectivity index (χ4n) is 3.41. The highest BCUT2D eigenvalue weighted by atomic mass is 32.2. The van der Waals surface area contributed by atoms with Crippen molar-refractivity contribution in [1.29, 1.82) is 0 Å². The van der Waals surface area contributed by atoms with Gasteiger partial charge in [-0.05, 0) is 43.3 Å². The first-order valence-corrected chi connectivity index (χ1v) is 11.3. The Morgan fingerprint density at radius 1 is 0.938 bits per heavy atom. The van der Waals surface area contributed by atoms with Gasteiger partial charge in [0.1, 0.15) is 16.2 Å². The number of benzene rings is 2. The highest BCUT2D eigenvalue weighted by molar-refractivity contribution is 7.92. The lowest BCUT2D eigenvalue weighted by Crippen LogP contribution is -2.06. The molecule has 5 rings (SSSR count). The molecule has 3 aromatic heterocycles. The van der Waals surface area contributed by atoms with Crippen molar-refractivity contribution in [2.75, 3.05) is 5.73 Å². The minimum Gasteiger partial charge on any atom is -0.382 e. The molecular weight excluding hydrogens is 424 g/mol. The predicted molar refractivity (Wildman–Crippen MR) is 123 cm³/mol. The summed E-state index contributed by atoms with van der Waals surface area (Å²) >= 11 is 0. The Balaban J connectivity index is 1.81. The summed E-state index contributed by atoms with van der Waals surface area (Å²) in [5.41, 5.74) is 9.48. The number of fused-ring (bicyclic) bond motifs is 2. The number of pyridine rings is 1. The van der Waals surface area contributed by atoms with Crippen molar-refractivity contribution >= 4 is 44.1 Å². The van der Waals surface area contributed by atoms with E-state index >= 15 is 0 Å². The summed E-state index contributed by atoms with van der Waals surface area (Å²) in [5, 5.41) is 4.39. The van der Waals surface area contributed by atoms with Crippen LogP contribution < -0.4 is 5.73 Å². The number of nitrogens with zero attached hydrogens (tertiary/aromatic N) is 5. The molecule has 0 unspecified atom stereocenters. The molecule has 8 nitrogen and oxygen atoms in total. The third kappa shape index (κ3) is 3.28. The maximum atomic E-state index is 13.6. The molecule has 0 saturated heterocycles. The molecular formula is C23H18N6O2S. The van der Waals surface area contributed by atoms with Gasteiger partial charge in [-0.3, -0.25) is 4.98 Å². The Morgan fingerprint density at radius 3 is 2.31 bits per heavy atom. The van der Waals surface area contributed by atoms with Crippen LogP contribution in [0, 0.1) is 6.92 Å². The number of aryl methyl sites for hydroxylation is 1. The van der Waals surface area contributed by atoms with Crippen LogP contribution in [0.3, 0.4) is 0 Å². The molecule has 0 amide bonds. The average Bonchev–Trinajstić information content (AvgIpc) is 3.07. The number of nitrogen functional groups attached to an aromatic ring is 1. The summed E-state index contributed by atoms with van der Waals surface area (Å²) in [6.45, 7) is 1.89. The smallest absolute Gasteiger partial charge is 0.212 e. The molecule has 0 aliphatic carbocycles. The normalized spacial score (nSPS) is 12.2. The molecule has 0 radical (unpaired) electrons. The summed E-state index contributed by atoms with van der Waals surface area (Å²) in [7, 11) is -3.98. The Morgan fingerprint density at radius 2 is 1.62 bits per heavy atom. The van der Waals surface area contributed by atoms with Crippen molar-refractivity contribution in [2.24, 2.45) is 5.10 Å². The monoisotopic (exact) mass is 442 g/mol. The molecule has 0 bridgehead atoms. The Kier molecular flexibility index (Phi) is 4.67. The summed E-state index contributed by atoms with van der Waals surface area (Å²) in [6, 6.07) is 19.2. The van der Waals surface area contributed by atoms with Gasteiger partial charge in [-0.2, -0.15) is 9.78 Å². The molecule has 32 heavy (non-hydrogen) atoms. The van der Waals surface area contributed by atoms with Gasteiger partial charge in [0, 0.05) is 6.20 Å². The Bertz CT molecular complexity index is 1590. The molecule has 0 fully saturated rings. The maximum absolute atomic E-state index is 13.6. The topological polar surface area (TPSA) is 116 Å². The lowest BCUT2D eigenvalue weighted by molar-refractivity contribution is 0.597. The van der Waals surface area contributed by atoms with E-state index < -0.39 is 9.84 Å². The van der Waals surface area contributed by atoms with Crippen LogP contribution in [0.2, 0.25) is 0 Å². The fraction of sp³-hybridized carbons (Fsp3) is 0.0435. The summed E-state index contributed by atoms with van der Waals surface area (Å²) < 4.78 is 28.5. The maximum Gasteiger partial charge on any atom is 0.212 e. The summed E-state index contributed by atoms with van der Waals surface area (Å²) in [4.78, 5) is 13.4. The van der Waals surface area contributed by atoms with Crippen LogP contribution in [0.4, 0.5) is 5.82 Å². The number of nitrogens with two attached hydrogens (primary N) is 1. The van der Waals surface area contributed by atoms with E-state index in [4.69, 9.17) is 5.73 Å². The van der Waals surface area contributed by atoms with Crippen molar-refractivity contribution in [1.82, 2.24) is 19.6 Å². The first kappa shape index (κ1) is 19.8. The second kappa shape index (κ2) is 7.54. The lowest BCUT2D eigenvalue weighted by Gasteiger charge is -2.05. The third-order valence-corrected chi connectivity index (χ3v) is 6.85.